The number of carbonyl (C=O) groups is 3. The molecule has 3 atom stereocenters. The molecule has 17 heavy (non-hydrogen) atoms. The second kappa shape index (κ2) is 6.88. The van der Waals surface area contributed by atoms with Gasteiger partial charge < -0.3 is 14.9 Å². The maximum atomic E-state index is 11.6. The number of carbonyl (C=O) groups excluding carboxylic acids is 1. The molecule has 6 nitrogen and oxygen atoms in total. The Morgan fingerprint density at radius 2 is 1.71 bits per heavy atom. The largest absolute Gasteiger partial charge is 0.481 e. The fraction of sp³-hybridized carbons (Fsp3) is 0.727. The number of hydrogen-bond acceptors (Lipinski definition) is 4. The van der Waals surface area contributed by atoms with Gasteiger partial charge in [-0.2, -0.15) is 0 Å². The molecule has 0 spiro atoms. The minimum absolute atomic E-state index is 0.302. The van der Waals surface area contributed by atoms with Crippen LogP contribution >= 0.6 is 0 Å². The number of ether oxygens (including phenoxy) is 1. The fourth-order valence-corrected chi connectivity index (χ4v) is 1.22. The lowest BCUT2D eigenvalue weighted by molar-refractivity contribution is -0.162. The molecule has 0 saturated carbocycles. The van der Waals surface area contributed by atoms with Gasteiger partial charge in [0.1, 0.15) is 0 Å². The molecule has 0 aliphatic heterocycles. The first kappa shape index (κ1) is 15.4. The first-order chi connectivity index (χ1) is 7.79. The van der Waals surface area contributed by atoms with Crippen LogP contribution in [-0.2, 0) is 19.1 Å². The highest BCUT2D eigenvalue weighted by Gasteiger charge is 2.33. The van der Waals surface area contributed by atoms with Crippen molar-refractivity contribution in [2.45, 2.75) is 39.7 Å². The minimum Gasteiger partial charge on any atom is -0.481 e. The van der Waals surface area contributed by atoms with Gasteiger partial charge in [-0.1, -0.05) is 13.8 Å². The van der Waals surface area contributed by atoms with Crippen LogP contribution in [0.4, 0.5) is 0 Å². The monoisotopic (exact) mass is 246 g/mol. The van der Waals surface area contributed by atoms with Gasteiger partial charge in [0.2, 0.25) is 0 Å². The molecule has 0 bridgehead atoms. The van der Waals surface area contributed by atoms with E-state index in [2.05, 4.69) is 0 Å². The molecular weight excluding hydrogens is 228 g/mol. The molecule has 0 aromatic heterocycles. The lowest BCUT2D eigenvalue weighted by Crippen LogP contribution is -2.32. The number of esters is 1. The van der Waals surface area contributed by atoms with Gasteiger partial charge in [0.15, 0.2) is 0 Å². The van der Waals surface area contributed by atoms with Crippen molar-refractivity contribution >= 4 is 17.9 Å². The summed E-state index contributed by atoms with van der Waals surface area (Å²) >= 11 is 0. The van der Waals surface area contributed by atoms with E-state index >= 15 is 0 Å². The highest BCUT2D eigenvalue weighted by Crippen LogP contribution is 2.19. The van der Waals surface area contributed by atoms with Gasteiger partial charge in [0, 0.05) is 0 Å². The van der Waals surface area contributed by atoms with Crippen molar-refractivity contribution in [3.8, 4) is 0 Å². The smallest absolute Gasteiger partial charge is 0.309 e. The van der Waals surface area contributed by atoms with Gasteiger partial charge in [0.05, 0.1) is 24.4 Å². The average Bonchev–Trinajstić information content (AvgIpc) is 2.23. The van der Waals surface area contributed by atoms with Gasteiger partial charge in [-0.3, -0.25) is 14.4 Å². The summed E-state index contributed by atoms with van der Waals surface area (Å²) in [5, 5.41) is 17.4. The molecule has 0 radical (unpaired) electrons. The zero-order chi connectivity index (χ0) is 13.6. The van der Waals surface area contributed by atoms with Gasteiger partial charge in [0.25, 0.3) is 0 Å². The second-order valence-corrected chi connectivity index (χ2v) is 3.99. The van der Waals surface area contributed by atoms with E-state index in [9.17, 15) is 14.4 Å². The Kier molecular flexibility index (Phi) is 6.23. The average molecular weight is 246 g/mol. The molecule has 0 amide bonds. The van der Waals surface area contributed by atoms with Crippen molar-refractivity contribution in [2.24, 2.45) is 11.8 Å². The topological polar surface area (TPSA) is 101 Å². The quantitative estimate of drug-likeness (QED) is 0.653. The first-order valence-corrected chi connectivity index (χ1v) is 5.44. The third-order valence-electron chi connectivity index (χ3n) is 2.58. The van der Waals surface area contributed by atoms with E-state index in [4.69, 9.17) is 14.9 Å². The Hall–Kier alpha value is -1.59. The molecule has 0 fully saturated rings. The maximum absolute atomic E-state index is 11.6. The summed E-state index contributed by atoms with van der Waals surface area (Å²) < 4.78 is 4.98. The number of carboxylic acids is 2. The van der Waals surface area contributed by atoms with E-state index in [0.29, 0.717) is 6.42 Å². The SMILES string of the molecule is CCC(C)OC(=O)C(C)C(CC(=O)O)C(=O)O. The lowest BCUT2D eigenvalue weighted by atomic mass is 9.91. The van der Waals surface area contributed by atoms with Crippen LogP contribution in [-0.4, -0.2) is 34.2 Å². The van der Waals surface area contributed by atoms with E-state index < -0.39 is 36.2 Å². The molecule has 98 valence electrons. The first-order valence-electron chi connectivity index (χ1n) is 5.44. The fourth-order valence-electron chi connectivity index (χ4n) is 1.22. The summed E-state index contributed by atoms with van der Waals surface area (Å²) in [6.07, 6.45) is -0.273. The molecular formula is C11H18O6. The van der Waals surface area contributed by atoms with Crippen molar-refractivity contribution in [1.82, 2.24) is 0 Å². The summed E-state index contributed by atoms with van der Waals surface area (Å²) in [6, 6.07) is 0. The summed E-state index contributed by atoms with van der Waals surface area (Å²) in [4.78, 5) is 32.9. The molecule has 6 heteroatoms. The molecule has 0 heterocycles. The molecule has 0 aliphatic rings. The van der Waals surface area contributed by atoms with Crippen molar-refractivity contribution in [2.75, 3.05) is 0 Å². The third kappa shape index (κ3) is 5.33. The van der Waals surface area contributed by atoms with Gasteiger partial charge in [-0.05, 0) is 13.3 Å². The highest BCUT2D eigenvalue weighted by atomic mass is 16.5. The Labute approximate surface area is 99.6 Å². The zero-order valence-corrected chi connectivity index (χ0v) is 10.2. The standard InChI is InChI=1S/C11H18O6/c1-4-6(2)17-11(16)7(3)8(10(14)15)5-9(12)13/h6-8H,4-5H2,1-3H3,(H,12,13)(H,14,15). The molecule has 0 rings (SSSR count). The van der Waals surface area contributed by atoms with Gasteiger partial charge >= 0.3 is 17.9 Å². The predicted molar refractivity (Wildman–Crippen MR) is 58.4 cm³/mol. The molecule has 0 saturated heterocycles. The highest BCUT2D eigenvalue weighted by molar-refractivity contribution is 5.84. The van der Waals surface area contributed by atoms with Crippen LogP contribution in [0.15, 0.2) is 0 Å². The Morgan fingerprint density at radius 1 is 1.18 bits per heavy atom. The number of rotatable bonds is 7. The van der Waals surface area contributed by atoms with Crippen LogP contribution in [0.5, 0.6) is 0 Å². The normalized spacial score (nSPS) is 15.7. The van der Waals surface area contributed by atoms with Gasteiger partial charge in [-0.15, -0.1) is 0 Å². The van der Waals surface area contributed by atoms with Gasteiger partial charge in [-0.25, -0.2) is 0 Å². The number of carboxylic acid groups (broad SMARTS) is 2. The van der Waals surface area contributed by atoms with Crippen LogP contribution in [0.1, 0.15) is 33.6 Å². The van der Waals surface area contributed by atoms with Crippen LogP contribution < -0.4 is 0 Å². The zero-order valence-electron chi connectivity index (χ0n) is 10.2. The second-order valence-electron chi connectivity index (χ2n) is 3.99. The van der Waals surface area contributed by atoms with Crippen LogP contribution in [0.25, 0.3) is 0 Å². The Bertz CT molecular complexity index is 298. The summed E-state index contributed by atoms with van der Waals surface area (Å²) in [5.41, 5.74) is 0. The van der Waals surface area contributed by atoms with Crippen molar-refractivity contribution in [1.29, 1.82) is 0 Å². The summed E-state index contributed by atoms with van der Waals surface area (Å²) in [7, 11) is 0. The van der Waals surface area contributed by atoms with Crippen molar-refractivity contribution in [3.63, 3.8) is 0 Å². The van der Waals surface area contributed by atoms with Crippen LogP contribution in [0.2, 0.25) is 0 Å². The number of hydrogen-bond donors (Lipinski definition) is 2. The molecule has 2 N–H and O–H groups in total. The molecule has 3 unspecified atom stereocenters. The summed E-state index contributed by atoms with van der Waals surface area (Å²) in [5.74, 6) is -5.46. The summed E-state index contributed by atoms with van der Waals surface area (Å²) in [6.45, 7) is 4.89. The molecule has 0 aliphatic carbocycles. The van der Waals surface area contributed by atoms with E-state index in [1.165, 1.54) is 6.92 Å². The van der Waals surface area contributed by atoms with E-state index in [-0.39, 0.29) is 6.10 Å². The van der Waals surface area contributed by atoms with E-state index in [0.717, 1.165) is 0 Å². The Balaban J connectivity index is 4.60. The minimum atomic E-state index is -1.30. The van der Waals surface area contributed by atoms with E-state index in [1.807, 2.05) is 6.92 Å². The maximum Gasteiger partial charge on any atom is 0.309 e. The predicted octanol–water partition coefficient (Wildman–Crippen LogP) is 1.14. The molecule has 0 aromatic carbocycles. The molecule has 0 aromatic rings. The third-order valence-corrected chi connectivity index (χ3v) is 2.58. The van der Waals surface area contributed by atoms with E-state index in [1.54, 1.807) is 6.92 Å². The van der Waals surface area contributed by atoms with Crippen molar-refractivity contribution in [3.05, 3.63) is 0 Å². The van der Waals surface area contributed by atoms with Crippen LogP contribution in [0, 0.1) is 11.8 Å². The Morgan fingerprint density at radius 3 is 2.06 bits per heavy atom. The number of aliphatic carboxylic acids is 2. The van der Waals surface area contributed by atoms with Crippen molar-refractivity contribution < 1.29 is 29.3 Å². The lowest BCUT2D eigenvalue weighted by Gasteiger charge is -2.19. The van der Waals surface area contributed by atoms with Crippen LogP contribution in [0.3, 0.4) is 0 Å².